The first kappa shape index (κ1) is 19.7. The molecule has 0 fully saturated rings. The molecule has 0 spiro atoms. The van der Waals surface area contributed by atoms with Crippen LogP contribution in [0.5, 0.6) is 0 Å². The average Bonchev–Trinajstić information content (AvgIpc) is 2.70. The second-order valence-corrected chi connectivity index (χ2v) is 7.36. The van der Waals surface area contributed by atoms with Gasteiger partial charge in [0.2, 0.25) is 17.8 Å². The molecule has 152 valence electrons. The average molecular weight is 424 g/mol. The normalized spacial score (nSPS) is 15.1. The van der Waals surface area contributed by atoms with Gasteiger partial charge in [-0.05, 0) is 36.8 Å². The number of amides is 2. The van der Waals surface area contributed by atoms with Gasteiger partial charge in [0.05, 0.1) is 11.5 Å². The number of aromatic amines is 1. The monoisotopic (exact) mass is 423 g/mol. The van der Waals surface area contributed by atoms with Gasteiger partial charge in [0.25, 0.3) is 5.56 Å². The highest BCUT2D eigenvalue weighted by Gasteiger charge is 2.35. The van der Waals surface area contributed by atoms with Crippen LogP contribution in [0.4, 0.5) is 23.1 Å². The largest absolute Gasteiger partial charge is 0.326 e. The van der Waals surface area contributed by atoms with E-state index in [2.05, 4.69) is 25.9 Å². The van der Waals surface area contributed by atoms with E-state index in [-0.39, 0.29) is 23.8 Å². The van der Waals surface area contributed by atoms with Gasteiger partial charge in [-0.25, -0.2) is 0 Å². The SMILES string of the molecule is Cc1ccc(Cl)cc1NC(=O)C1CC(=O)Nc2nc(Nc3ccccc3)[nH]c(=O)c21. The summed E-state index contributed by atoms with van der Waals surface area (Å²) in [5.41, 5.74) is 1.66. The molecule has 0 radical (unpaired) electrons. The number of carbonyl (C=O) groups is 2. The molecule has 4 rings (SSSR count). The molecule has 0 saturated carbocycles. The number of H-pyrrole nitrogens is 1. The van der Waals surface area contributed by atoms with Crippen LogP contribution in [0.25, 0.3) is 0 Å². The molecule has 9 heteroatoms. The number of para-hydroxylation sites is 1. The molecule has 2 aromatic carbocycles. The lowest BCUT2D eigenvalue weighted by atomic mass is 9.92. The summed E-state index contributed by atoms with van der Waals surface area (Å²) in [5, 5.41) is 8.79. The highest BCUT2D eigenvalue weighted by Crippen LogP contribution is 2.31. The standard InChI is InChI=1S/C21H18ClN5O3/c1-11-7-8-12(22)9-15(11)24-19(29)14-10-16(28)25-18-17(14)20(30)27-21(26-18)23-13-5-3-2-4-6-13/h2-9,14H,10H2,1H3,(H,24,29)(H3,23,25,26,27,28,30). The van der Waals surface area contributed by atoms with E-state index in [1.807, 2.05) is 37.3 Å². The van der Waals surface area contributed by atoms with Crippen LogP contribution >= 0.6 is 11.6 Å². The lowest BCUT2D eigenvalue weighted by Gasteiger charge is -2.24. The van der Waals surface area contributed by atoms with Crippen molar-refractivity contribution in [1.82, 2.24) is 9.97 Å². The van der Waals surface area contributed by atoms with Crippen molar-refractivity contribution in [2.75, 3.05) is 16.0 Å². The molecule has 1 atom stereocenters. The Morgan fingerprint density at radius 3 is 2.70 bits per heavy atom. The predicted octanol–water partition coefficient (Wildman–Crippen LogP) is 3.54. The Bertz CT molecular complexity index is 1190. The molecular formula is C21H18ClN5O3. The molecule has 0 aliphatic carbocycles. The summed E-state index contributed by atoms with van der Waals surface area (Å²) in [4.78, 5) is 44.9. The van der Waals surface area contributed by atoms with Crippen LogP contribution in [-0.4, -0.2) is 21.8 Å². The van der Waals surface area contributed by atoms with Crippen LogP contribution in [0.15, 0.2) is 53.3 Å². The van der Waals surface area contributed by atoms with Gasteiger partial charge in [-0.15, -0.1) is 0 Å². The first-order valence-electron chi connectivity index (χ1n) is 9.24. The van der Waals surface area contributed by atoms with Crippen molar-refractivity contribution < 1.29 is 9.59 Å². The fraction of sp³-hybridized carbons (Fsp3) is 0.143. The number of anilines is 4. The number of rotatable bonds is 4. The number of nitrogens with one attached hydrogen (secondary N) is 4. The maximum atomic E-state index is 12.9. The van der Waals surface area contributed by atoms with Crippen molar-refractivity contribution in [3.63, 3.8) is 0 Å². The van der Waals surface area contributed by atoms with Crippen molar-refractivity contribution >= 4 is 46.6 Å². The van der Waals surface area contributed by atoms with Crippen molar-refractivity contribution in [1.29, 1.82) is 0 Å². The van der Waals surface area contributed by atoms with E-state index in [9.17, 15) is 14.4 Å². The first-order chi connectivity index (χ1) is 14.4. The Morgan fingerprint density at radius 1 is 1.17 bits per heavy atom. The zero-order valence-electron chi connectivity index (χ0n) is 16.0. The van der Waals surface area contributed by atoms with E-state index >= 15 is 0 Å². The van der Waals surface area contributed by atoms with Gasteiger partial charge in [0.1, 0.15) is 5.82 Å². The molecule has 8 nitrogen and oxygen atoms in total. The third kappa shape index (κ3) is 4.04. The van der Waals surface area contributed by atoms with Crippen molar-refractivity contribution in [3.8, 4) is 0 Å². The summed E-state index contributed by atoms with van der Waals surface area (Å²) in [6.07, 6.45) is -0.158. The van der Waals surface area contributed by atoms with Gasteiger partial charge in [0, 0.05) is 22.8 Å². The summed E-state index contributed by atoms with van der Waals surface area (Å²) >= 11 is 6.01. The van der Waals surface area contributed by atoms with Gasteiger partial charge in [-0.3, -0.25) is 19.4 Å². The van der Waals surface area contributed by atoms with E-state index in [1.54, 1.807) is 18.2 Å². The van der Waals surface area contributed by atoms with E-state index in [1.165, 1.54) is 0 Å². The van der Waals surface area contributed by atoms with E-state index in [0.29, 0.717) is 16.4 Å². The van der Waals surface area contributed by atoms with E-state index < -0.39 is 23.3 Å². The summed E-state index contributed by atoms with van der Waals surface area (Å²) in [5.74, 6) is -1.62. The van der Waals surface area contributed by atoms with Gasteiger partial charge >= 0.3 is 0 Å². The molecule has 1 aliphatic rings. The minimum Gasteiger partial charge on any atom is -0.326 e. The second-order valence-electron chi connectivity index (χ2n) is 6.92. The summed E-state index contributed by atoms with van der Waals surface area (Å²) in [6, 6.07) is 14.2. The topological polar surface area (TPSA) is 116 Å². The van der Waals surface area contributed by atoms with Gasteiger partial charge < -0.3 is 16.0 Å². The summed E-state index contributed by atoms with van der Waals surface area (Å²) in [6.45, 7) is 1.82. The number of hydrogen-bond acceptors (Lipinski definition) is 5. The Kier molecular flexibility index (Phi) is 5.24. The zero-order chi connectivity index (χ0) is 21.3. The lowest BCUT2D eigenvalue weighted by molar-refractivity contribution is -0.123. The number of halogens is 1. The molecule has 1 aliphatic heterocycles. The third-order valence-electron chi connectivity index (χ3n) is 4.76. The molecule has 0 bridgehead atoms. The van der Waals surface area contributed by atoms with Crippen LogP contribution in [0, 0.1) is 6.92 Å². The Labute approximate surface area is 176 Å². The number of aromatic nitrogens is 2. The first-order valence-corrected chi connectivity index (χ1v) is 9.61. The Balaban J connectivity index is 1.66. The maximum absolute atomic E-state index is 12.9. The van der Waals surface area contributed by atoms with Crippen LogP contribution in [0.3, 0.4) is 0 Å². The quantitative estimate of drug-likeness (QED) is 0.512. The fourth-order valence-electron chi connectivity index (χ4n) is 3.26. The summed E-state index contributed by atoms with van der Waals surface area (Å²) < 4.78 is 0. The van der Waals surface area contributed by atoms with E-state index in [0.717, 1.165) is 5.56 Å². The van der Waals surface area contributed by atoms with Crippen LogP contribution in [0.1, 0.15) is 23.5 Å². The number of aryl methyl sites for hydroxylation is 1. The minimum absolute atomic E-state index is 0.0661. The van der Waals surface area contributed by atoms with Crippen LogP contribution in [-0.2, 0) is 9.59 Å². The molecule has 1 unspecified atom stereocenters. The maximum Gasteiger partial charge on any atom is 0.258 e. The van der Waals surface area contributed by atoms with Crippen molar-refractivity contribution in [3.05, 3.63) is 75.0 Å². The highest BCUT2D eigenvalue weighted by molar-refractivity contribution is 6.31. The van der Waals surface area contributed by atoms with Gasteiger partial charge in [-0.2, -0.15) is 4.98 Å². The number of nitrogens with zero attached hydrogens (tertiary/aromatic N) is 1. The van der Waals surface area contributed by atoms with Gasteiger partial charge in [-0.1, -0.05) is 35.9 Å². The van der Waals surface area contributed by atoms with Gasteiger partial charge in [0.15, 0.2) is 0 Å². The number of carbonyl (C=O) groups excluding carboxylic acids is 2. The minimum atomic E-state index is -0.978. The molecule has 30 heavy (non-hydrogen) atoms. The van der Waals surface area contributed by atoms with Crippen molar-refractivity contribution in [2.24, 2.45) is 0 Å². The fourth-order valence-corrected chi connectivity index (χ4v) is 3.43. The third-order valence-corrected chi connectivity index (χ3v) is 5.00. The Hall–Kier alpha value is -3.65. The molecular weight excluding hydrogens is 406 g/mol. The molecule has 4 N–H and O–H groups in total. The van der Waals surface area contributed by atoms with Crippen LogP contribution in [0.2, 0.25) is 5.02 Å². The predicted molar refractivity (Wildman–Crippen MR) is 115 cm³/mol. The lowest BCUT2D eigenvalue weighted by Crippen LogP contribution is -2.36. The van der Waals surface area contributed by atoms with E-state index in [4.69, 9.17) is 11.6 Å². The Morgan fingerprint density at radius 2 is 1.93 bits per heavy atom. The number of hydrogen-bond donors (Lipinski definition) is 4. The molecule has 2 heterocycles. The van der Waals surface area contributed by atoms with Crippen LogP contribution < -0.4 is 21.5 Å². The molecule has 0 saturated heterocycles. The number of fused-ring (bicyclic) bond motifs is 1. The summed E-state index contributed by atoms with van der Waals surface area (Å²) in [7, 11) is 0. The second kappa shape index (κ2) is 8.00. The molecule has 3 aromatic rings. The number of benzene rings is 2. The van der Waals surface area contributed by atoms with Crippen molar-refractivity contribution in [2.45, 2.75) is 19.3 Å². The zero-order valence-corrected chi connectivity index (χ0v) is 16.7. The smallest absolute Gasteiger partial charge is 0.258 e. The molecule has 1 aromatic heterocycles. The highest BCUT2D eigenvalue weighted by atomic mass is 35.5. The molecule has 2 amide bonds.